The Kier molecular flexibility index (Phi) is 3.28. The van der Waals surface area contributed by atoms with Crippen molar-refractivity contribution in [2.75, 3.05) is 32.1 Å². The first-order valence-corrected chi connectivity index (χ1v) is 6.80. The van der Waals surface area contributed by atoms with Gasteiger partial charge in [0.25, 0.3) is 5.78 Å². The smallest absolute Gasteiger partial charge is 0.255 e. The number of aromatic nitrogens is 4. The summed E-state index contributed by atoms with van der Waals surface area (Å²) >= 11 is 6.06. The first kappa shape index (κ1) is 12.6. The summed E-state index contributed by atoms with van der Waals surface area (Å²) in [5.41, 5.74) is 0. The minimum atomic E-state index is 0.450. The molecule has 0 amide bonds. The summed E-state index contributed by atoms with van der Waals surface area (Å²) in [5.74, 6) is 1.48. The van der Waals surface area contributed by atoms with Crippen LogP contribution in [0.15, 0.2) is 12.4 Å². The highest BCUT2D eigenvalue weighted by Crippen LogP contribution is 2.23. The minimum absolute atomic E-state index is 0.450. The van der Waals surface area contributed by atoms with Gasteiger partial charge in [0, 0.05) is 25.7 Å². The number of anilines is 1. The fraction of sp³-hybridized carbons (Fsp3) is 0.583. The Balaban J connectivity index is 1.96. The van der Waals surface area contributed by atoms with Crippen LogP contribution in [0.3, 0.4) is 0 Å². The molecule has 0 N–H and O–H groups in total. The largest absolute Gasteiger partial charge is 0.355 e. The van der Waals surface area contributed by atoms with E-state index in [1.807, 2.05) is 6.07 Å². The van der Waals surface area contributed by atoms with Gasteiger partial charge in [-0.1, -0.05) is 11.6 Å². The Morgan fingerprint density at radius 3 is 3.11 bits per heavy atom. The number of likely N-dealkylation sites (tertiary alicyclic amines) is 1. The maximum atomic E-state index is 6.06. The lowest BCUT2D eigenvalue weighted by atomic mass is 10.1. The highest BCUT2D eigenvalue weighted by Gasteiger charge is 2.23. The van der Waals surface area contributed by atoms with Crippen molar-refractivity contribution in [2.24, 2.45) is 0 Å². The number of rotatable bonds is 2. The third-order valence-electron chi connectivity index (χ3n) is 3.71. The average molecular weight is 281 g/mol. The number of likely N-dealkylation sites (N-methyl/N-ethyl adjacent to an activating group) is 2. The predicted octanol–water partition coefficient (Wildman–Crippen LogP) is 1.31. The average Bonchev–Trinajstić information content (AvgIpc) is 2.85. The van der Waals surface area contributed by atoms with Gasteiger partial charge in [0.2, 0.25) is 0 Å². The molecule has 1 aliphatic heterocycles. The van der Waals surface area contributed by atoms with Crippen molar-refractivity contribution < 1.29 is 0 Å². The quantitative estimate of drug-likeness (QED) is 0.777. The molecule has 1 aliphatic rings. The molecule has 0 radical (unpaired) electrons. The monoisotopic (exact) mass is 280 g/mol. The molecule has 0 saturated carbocycles. The van der Waals surface area contributed by atoms with E-state index in [-0.39, 0.29) is 0 Å². The first-order chi connectivity index (χ1) is 9.15. The number of nitrogens with zero attached hydrogens (tertiary/aromatic N) is 6. The number of halogens is 1. The zero-order valence-corrected chi connectivity index (χ0v) is 11.9. The van der Waals surface area contributed by atoms with Gasteiger partial charge in [-0.25, -0.2) is 0 Å². The summed E-state index contributed by atoms with van der Waals surface area (Å²) in [5, 5.41) is 4.67. The number of hydrogen-bond acceptors (Lipinski definition) is 5. The van der Waals surface area contributed by atoms with Crippen molar-refractivity contribution in [1.29, 1.82) is 0 Å². The molecule has 1 atom stereocenters. The van der Waals surface area contributed by atoms with Crippen molar-refractivity contribution in [2.45, 2.75) is 18.9 Å². The summed E-state index contributed by atoms with van der Waals surface area (Å²) in [4.78, 5) is 12.8. The van der Waals surface area contributed by atoms with E-state index < -0.39 is 0 Å². The van der Waals surface area contributed by atoms with Crippen LogP contribution in [0.1, 0.15) is 12.8 Å². The zero-order chi connectivity index (χ0) is 13.4. The molecule has 1 fully saturated rings. The molecule has 2 aromatic heterocycles. The predicted molar refractivity (Wildman–Crippen MR) is 74.7 cm³/mol. The summed E-state index contributed by atoms with van der Waals surface area (Å²) in [6.45, 7) is 2.22. The highest BCUT2D eigenvalue weighted by atomic mass is 35.5. The Morgan fingerprint density at radius 2 is 2.32 bits per heavy atom. The topological polar surface area (TPSA) is 49.6 Å². The van der Waals surface area contributed by atoms with Crippen LogP contribution in [0.25, 0.3) is 5.78 Å². The minimum Gasteiger partial charge on any atom is -0.355 e. The molecule has 1 saturated heterocycles. The molecular weight excluding hydrogens is 264 g/mol. The van der Waals surface area contributed by atoms with Gasteiger partial charge < -0.3 is 9.80 Å². The van der Waals surface area contributed by atoms with Gasteiger partial charge in [0.1, 0.15) is 17.3 Å². The number of hydrogen-bond donors (Lipinski definition) is 0. The van der Waals surface area contributed by atoms with Crippen molar-refractivity contribution >= 4 is 23.2 Å². The summed E-state index contributed by atoms with van der Waals surface area (Å²) in [6, 6.07) is 2.31. The van der Waals surface area contributed by atoms with Gasteiger partial charge in [-0.2, -0.15) is 19.6 Å². The van der Waals surface area contributed by atoms with Crippen molar-refractivity contribution in [1.82, 2.24) is 24.5 Å². The van der Waals surface area contributed by atoms with Crippen LogP contribution in [0.2, 0.25) is 5.15 Å². The molecule has 0 spiro atoms. The lowest BCUT2D eigenvalue weighted by Gasteiger charge is -2.36. The molecule has 0 aromatic carbocycles. The summed E-state index contributed by atoms with van der Waals surface area (Å²) in [7, 11) is 4.24. The lowest BCUT2D eigenvalue weighted by molar-refractivity contribution is 0.247. The fourth-order valence-electron chi connectivity index (χ4n) is 2.66. The maximum absolute atomic E-state index is 6.06. The van der Waals surface area contributed by atoms with Crippen LogP contribution >= 0.6 is 11.6 Å². The van der Waals surface area contributed by atoms with E-state index in [0.717, 1.165) is 12.4 Å². The van der Waals surface area contributed by atoms with Crippen LogP contribution in [0.4, 0.5) is 5.82 Å². The van der Waals surface area contributed by atoms with Gasteiger partial charge >= 0.3 is 0 Å². The van der Waals surface area contributed by atoms with Crippen LogP contribution in [-0.2, 0) is 0 Å². The van der Waals surface area contributed by atoms with E-state index in [1.54, 1.807) is 4.52 Å². The molecular formula is C12H17ClN6. The highest BCUT2D eigenvalue weighted by molar-refractivity contribution is 6.29. The Hall–Kier alpha value is -1.40. The molecule has 6 nitrogen and oxygen atoms in total. The molecule has 3 heterocycles. The van der Waals surface area contributed by atoms with E-state index >= 15 is 0 Å². The van der Waals surface area contributed by atoms with Gasteiger partial charge in [-0.05, 0) is 26.4 Å². The Labute approximate surface area is 117 Å². The summed E-state index contributed by atoms with van der Waals surface area (Å²) in [6.07, 6.45) is 3.89. The molecule has 0 aliphatic carbocycles. The second-order valence-corrected chi connectivity index (χ2v) is 5.47. The number of fused-ring (bicyclic) bond motifs is 1. The molecule has 3 rings (SSSR count). The fourth-order valence-corrected chi connectivity index (χ4v) is 2.84. The Morgan fingerprint density at radius 1 is 1.47 bits per heavy atom. The van der Waals surface area contributed by atoms with Crippen LogP contribution in [0.5, 0.6) is 0 Å². The normalized spacial score (nSPS) is 20.9. The second kappa shape index (κ2) is 4.94. The van der Waals surface area contributed by atoms with Crippen molar-refractivity contribution in [3.63, 3.8) is 0 Å². The molecule has 102 valence electrons. The van der Waals surface area contributed by atoms with E-state index in [1.165, 1.54) is 25.7 Å². The number of piperidine rings is 1. The SMILES string of the molecule is CN1CCCC(N(C)c2cc(Cl)nc3ncnn23)C1. The van der Waals surface area contributed by atoms with Crippen molar-refractivity contribution in [3.05, 3.63) is 17.5 Å². The van der Waals surface area contributed by atoms with Crippen LogP contribution in [-0.4, -0.2) is 57.7 Å². The van der Waals surface area contributed by atoms with E-state index in [4.69, 9.17) is 11.6 Å². The molecule has 0 bridgehead atoms. The van der Waals surface area contributed by atoms with Crippen molar-refractivity contribution in [3.8, 4) is 0 Å². The zero-order valence-electron chi connectivity index (χ0n) is 11.1. The second-order valence-electron chi connectivity index (χ2n) is 5.08. The summed E-state index contributed by atoms with van der Waals surface area (Å²) < 4.78 is 1.74. The van der Waals surface area contributed by atoms with E-state index in [9.17, 15) is 0 Å². The standard InChI is InChI=1S/C12H17ClN6/c1-17-5-3-4-9(7-17)18(2)11-6-10(13)16-12-14-8-15-19(11)12/h6,8-9H,3-5,7H2,1-2H3. The lowest BCUT2D eigenvalue weighted by Crippen LogP contribution is -2.45. The van der Waals surface area contributed by atoms with Gasteiger partial charge in [0.05, 0.1) is 0 Å². The van der Waals surface area contributed by atoms with E-state index in [2.05, 4.69) is 39.0 Å². The van der Waals surface area contributed by atoms with Crippen LogP contribution < -0.4 is 4.90 Å². The molecule has 2 aromatic rings. The van der Waals surface area contributed by atoms with E-state index in [0.29, 0.717) is 17.0 Å². The third kappa shape index (κ3) is 2.37. The maximum Gasteiger partial charge on any atom is 0.255 e. The Bertz CT molecular complexity index is 583. The third-order valence-corrected chi connectivity index (χ3v) is 3.90. The molecule has 19 heavy (non-hydrogen) atoms. The molecule has 1 unspecified atom stereocenters. The van der Waals surface area contributed by atoms with Crippen LogP contribution in [0, 0.1) is 0 Å². The van der Waals surface area contributed by atoms with Gasteiger partial charge in [-0.3, -0.25) is 0 Å². The van der Waals surface area contributed by atoms with Gasteiger partial charge in [-0.15, -0.1) is 0 Å². The molecule has 7 heteroatoms. The van der Waals surface area contributed by atoms with Gasteiger partial charge in [0.15, 0.2) is 0 Å². The first-order valence-electron chi connectivity index (χ1n) is 6.43.